The molecule has 3 N–H and O–H groups in total. The molecule has 0 atom stereocenters. The van der Waals surface area contributed by atoms with Crippen LogP contribution in [0.3, 0.4) is 0 Å². The van der Waals surface area contributed by atoms with Crippen LogP contribution in [0.2, 0.25) is 0 Å². The van der Waals surface area contributed by atoms with E-state index in [1.807, 2.05) is 0 Å². The summed E-state index contributed by atoms with van der Waals surface area (Å²) in [7, 11) is 4.20. The molecule has 2 aliphatic heterocycles. The Morgan fingerprint density at radius 2 is 1.84 bits per heavy atom. The molecule has 2 fully saturated rings. The van der Waals surface area contributed by atoms with Gasteiger partial charge in [0, 0.05) is 26.2 Å². The first-order valence-corrected chi connectivity index (χ1v) is 8.97. The standard InChI is InChI=1S/C17H28N6O2/c1-21-7-5-13(6-8-21)22(2)15-14(18)16(20-11-19-15)23-9-3-12(4-10-23)17(24)25/h11-13H,3-10,18H2,1-2H3,(H,24,25). The molecule has 0 saturated carbocycles. The Morgan fingerprint density at radius 3 is 2.44 bits per heavy atom. The number of aromatic nitrogens is 2. The van der Waals surface area contributed by atoms with Crippen LogP contribution < -0.4 is 15.5 Å². The number of hydrogen-bond acceptors (Lipinski definition) is 7. The molecule has 8 heteroatoms. The molecular formula is C17H28N6O2. The van der Waals surface area contributed by atoms with E-state index in [2.05, 4.69) is 38.8 Å². The second-order valence-corrected chi connectivity index (χ2v) is 7.18. The smallest absolute Gasteiger partial charge is 0.306 e. The van der Waals surface area contributed by atoms with Crippen LogP contribution in [0.15, 0.2) is 6.33 Å². The summed E-state index contributed by atoms with van der Waals surface area (Å²) in [5.41, 5.74) is 7.00. The monoisotopic (exact) mass is 348 g/mol. The third-order valence-corrected chi connectivity index (χ3v) is 5.56. The lowest BCUT2D eigenvalue weighted by molar-refractivity contribution is -0.142. The summed E-state index contributed by atoms with van der Waals surface area (Å²) in [6.07, 6.45) is 5.00. The first-order chi connectivity index (χ1) is 12.0. The number of piperidine rings is 2. The fraction of sp³-hybridized carbons (Fsp3) is 0.706. The summed E-state index contributed by atoms with van der Waals surface area (Å²) in [5, 5.41) is 9.15. The zero-order chi connectivity index (χ0) is 18.0. The van der Waals surface area contributed by atoms with Crippen molar-refractivity contribution in [2.24, 2.45) is 5.92 Å². The molecule has 138 valence electrons. The highest BCUT2D eigenvalue weighted by atomic mass is 16.4. The number of hydrogen-bond donors (Lipinski definition) is 2. The molecule has 1 aromatic heterocycles. The Kier molecular flexibility index (Phi) is 5.27. The van der Waals surface area contributed by atoms with Crippen LogP contribution >= 0.6 is 0 Å². The minimum Gasteiger partial charge on any atom is -0.481 e. The van der Waals surface area contributed by atoms with Crippen LogP contribution in [-0.4, -0.2) is 72.3 Å². The highest BCUT2D eigenvalue weighted by Gasteiger charge is 2.28. The Balaban J connectivity index is 1.73. The highest BCUT2D eigenvalue weighted by molar-refractivity contribution is 5.76. The number of aliphatic carboxylic acids is 1. The molecule has 8 nitrogen and oxygen atoms in total. The van der Waals surface area contributed by atoms with Crippen molar-refractivity contribution >= 4 is 23.3 Å². The summed E-state index contributed by atoms with van der Waals surface area (Å²) in [5.74, 6) is 0.534. The molecule has 0 spiro atoms. The van der Waals surface area contributed by atoms with Crippen molar-refractivity contribution in [3.05, 3.63) is 6.33 Å². The number of anilines is 3. The molecule has 2 aliphatic rings. The van der Waals surface area contributed by atoms with Crippen molar-refractivity contribution in [2.45, 2.75) is 31.7 Å². The first kappa shape index (κ1) is 17.7. The molecule has 2 saturated heterocycles. The normalized spacial score (nSPS) is 20.6. The fourth-order valence-corrected chi connectivity index (χ4v) is 3.80. The predicted octanol–water partition coefficient (Wildman–Crippen LogP) is 0.890. The summed E-state index contributed by atoms with van der Waals surface area (Å²) in [6.45, 7) is 3.48. The third-order valence-electron chi connectivity index (χ3n) is 5.56. The lowest BCUT2D eigenvalue weighted by Gasteiger charge is -2.37. The maximum absolute atomic E-state index is 11.1. The van der Waals surface area contributed by atoms with Crippen molar-refractivity contribution < 1.29 is 9.90 Å². The lowest BCUT2D eigenvalue weighted by Crippen LogP contribution is -2.43. The van der Waals surface area contributed by atoms with E-state index in [1.54, 1.807) is 6.33 Å². The highest BCUT2D eigenvalue weighted by Crippen LogP contribution is 2.33. The summed E-state index contributed by atoms with van der Waals surface area (Å²) < 4.78 is 0. The van der Waals surface area contributed by atoms with Crippen molar-refractivity contribution in [1.29, 1.82) is 0 Å². The molecular weight excluding hydrogens is 320 g/mol. The summed E-state index contributed by atoms with van der Waals surface area (Å²) in [6, 6.07) is 0.430. The first-order valence-electron chi connectivity index (χ1n) is 8.97. The van der Waals surface area contributed by atoms with Gasteiger partial charge in [0.05, 0.1) is 5.92 Å². The largest absolute Gasteiger partial charge is 0.481 e. The molecule has 0 aromatic carbocycles. The van der Waals surface area contributed by atoms with Gasteiger partial charge in [-0.15, -0.1) is 0 Å². The van der Waals surface area contributed by atoms with Gasteiger partial charge in [-0.3, -0.25) is 4.79 Å². The average molecular weight is 348 g/mol. The zero-order valence-corrected chi connectivity index (χ0v) is 15.1. The number of nitrogens with zero attached hydrogens (tertiary/aromatic N) is 5. The van der Waals surface area contributed by atoms with E-state index in [9.17, 15) is 4.79 Å². The van der Waals surface area contributed by atoms with Crippen molar-refractivity contribution in [3.63, 3.8) is 0 Å². The maximum Gasteiger partial charge on any atom is 0.306 e. The number of carboxylic acids is 1. The third kappa shape index (κ3) is 3.78. The van der Waals surface area contributed by atoms with Gasteiger partial charge in [0.15, 0.2) is 11.6 Å². The van der Waals surface area contributed by atoms with Crippen LogP contribution in [0.25, 0.3) is 0 Å². The van der Waals surface area contributed by atoms with Crippen LogP contribution in [0.5, 0.6) is 0 Å². The van der Waals surface area contributed by atoms with Gasteiger partial charge in [0.1, 0.15) is 12.0 Å². The summed E-state index contributed by atoms with van der Waals surface area (Å²) >= 11 is 0. The van der Waals surface area contributed by atoms with Gasteiger partial charge >= 0.3 is 5.97 Å². The van der Waals surface area contributed by atoms with Crippen LogP contribution in [0, 0.1) is 5.92 Å². The van der Waals surface area contributed by atoms with E-state index < -0.39 is 5.97 Å². The van der Waals surface area contributed by atoms with Crippen molar-refractivity contribution in [2.75, 3.05) is 55.8 Å². The topological polar surface area (TPSA) is 98.8 Å². The second kappa shape index (κ2) is 7.43. The van der Waals surface area contributed by atoms with E-state index in [4.69, 9.17) is 10.8 Å². The van der Waals surface area contributed by atoms with Crippen LogP contribution in [0.1, 0.15) is 25.7 Å². The minimum absolute atomic E-state index is 0.263. The Morgan fingerprint density at radius 1 is 1.20 bits per heavy atom. The molecule has 1 aromatic rings. The quantitative estimate of drug-likeness (QED) is 0.828. The SMILES string of the molecule is CN1CCC(N(C)c2ncnc(N3CCC(C(=O)O)CC3)c2N)CC1. The molecule has 0 bridgehead atoms. The van der Waals surface area contributed by atoms with Gasteiger partial charge in [-0.2, -0.15) is 0 Å². The number of likely N-dealkylation sites (tertiary alicyclic amines) is 1. The molecule has 3 rings (SSSR count). The number of rotatable bonds is 4. The van der Waals surface area contributed by atoms with E-state index in [1.165, 1.54) is 0 Å². The number of nitrogens with two attached hydrogens (primary N) is 1. The summed E-state index contributed by atoms with van der Waals surface area (Å²) in [4.78, 5) is 26.5. The predicted molar refractivity (Wildman–Crippen MR) is 97.9 cm³/mol. The zero-order valence-electron chi connectivity index (χ0n) is 15.1. The minimum atomic E-state index is -0.710. The van der Waals surface area contributed by atoms with Gasteiger partial charge in [-0.25, -0.2) is 9.97 Å². The van der Waals surface area contributed by atoms with Gasteiger partial charge in [0.25, 0.3) is 0 Å². The molecule has 3 heterocycles. The van der Waals surface area contributed by atoms with E-state index >= 15 is 0 Å². The lowest BCUT2D eigenvalue weighted by atomic mass is 9.97. The van der Waals surface area contributed by atoms with Crippen molar-refractivity contribution in [3.8, 4) is 0 Å². The van der Waals surface area contributed by atoms with E-state index in [0.29, 0.717) is 37.7 Å². The number of carbonyl (C=O) groups is 1. The Bertz CT molecular complexity index is 609. The van der Waals surface area contributed by atoms with E-state index in [0.717, 1.165) is 37.6 Å². The van der Waals surface area contributed by atoms with Gasteiger partial charge in [0.2, 0.25) is 0 Å². The molecule has 0 aliphatic carbocycles. The van der Waals surface area contributed by atoms with E-state index in [-0.39, 0.29) is 5.92 Å². The average Bonchev–Trinajstić information content (AvgIpc) is 2.62. The number of nitrogen functional groups attached to an aromatic ring is 1. The molecule has 0 amide bonds. The van der Waals surface area contributed by atoms with Crippen LogP contribution in [0.4, 0.5) is 17.3 Å². The second-order valence-electron chi connectivity index (χ2n) is 7.18. The molecule has 0 unspecified atom stereocenters. The fourth-order valence-electron chi connectivity index (χ4n) is 3.80. The number of carboxylic acid groups (broad SMARTS) is 1. The van der Waals surface area contributed by atoms with Crippen molar-refractivity contribution in [1.82, 2.24) is 14.9 Å². The van der Waals surface area contributed by atoms with Gasteiger partial charge in [-0.05, 0) is 45.8 Å². The Labute approximate surface area is 148 Å². The molecule has 25 heavy (non-hydrogen) atoms. The Hall–Kier alpha value is -2.09. The maximum atomic E-state index is 11.1. The van der Waals surface area contributed by atoms with Gasteiger partial charge < -0.3 is 25.5 Å². The molecule has 0 radical (unpaired) electrons. The van der Waals surface area contributed by atoms with Gasteiger partial charge in [-0.1, -0.05) is 0 Å². The van der Waals surface area contributed by atoms with Crippen LogP contribution in [-0.2, 0) is 4.79 Å².